The Morgan fingerprint density at radius 2 is 1.75 bits per heavy atom. The van der Waals surface area contributed by atoms with E-state index in [1.54, 1.807) is 7.11 Å². The van der Waals surface area contributed by atoms with E-state index in [0.717, 1.165) is 17.1 Å². The minimum atomic E-state index is -1.91. The lowest BCUT2D eigenvalue weighted by Gasteiger charge is -2.35. The average molecular weight is 349 g/mol. The zero-order valence-corrected chi connectivity index (χ0v) is 16.7. The summed E-state index contributed by atoms with van der Waals surface area (Å²) in [5.74, 6) is 1.41. The Balaban J connectivity index is 1.95. The van der Waals surface area contributed by atoms with E-state index >= 15 is 0 Å². The molecule has 0 fully saturated rings. The van der Waals surface area contributed by atoms with Crippen molar-refractivity contribution in [2.75, 3.05) is 7.11 Å². The van der Waals surface area contributed by atoms with Crippen LogP contribution in [0.3, 0.4) is 0 Å². The first-order valence-corrected chi connectivity index (χ1v) is 11.2. The molecule has 0 aromatic heterocycles. The molecule has 0 saturated carbocycles. The maximum Gasteiger partial charge on any atom is 0.338 e. The summed E-state index contributed by atoms with van der Waals surface area (Å²) in [6, 6.07) is 7.50. The van der Waals surface area contributed by atoms with Gasteiger partial charge in [-0.15, -0.1) is 0 Å². The molecule has 132 valence electrons. The second-order valence-corrected chi connectivity index (χ2v) is 12.5. The molecule has 1 unspecified atom stereocenters. The minimum Gasteiger partial charge on any atom is -0.546 e. The molecule has 1 atom stereocenters. The lowest BCUT2D eigenvalue weighted by molar-refractivity contribution is -0.140. The highest BCUT2D eigenvalue weighted by Crippen LogP contribution is 2.47. The molecule has 4 nitrogen and oxygen atoms in total. The molecule has 2 rings (SSSR count). The monoisotopic (exact) mass is 348 g/mol. The van der Waals surface area contributed by atoms with Crippen molar-refractivity contribution in [3.63, 3.8) is 0 Å². The van der Waals surface area contributed by atoms with Crippen LogP contribution in [-0.4, -0.2) is 21.4 Å². The van der Waals surface area contributed by atoms with E-state index in [9.17, 15) is 4.79 Å². The van der Waals surface area contributed by atoms with Gasteiger partial charge in [-0.3, -0.25) is 0 Å². The second kappa shape index (κ2) is 6.63. The molecular formula is C19H28O4Si. The van der Waals surface area contributed by atoms with E-state index in [-0.39, 0.29) is 23.5 Å². The highest BCUT2D eigenvalue weighted by atomic mass is 28.4. The van der Waals surface area contributed by atoms with Gasteiger partial charge in [-0.2, -0.15) is 0 Å². The molecule has 5 heteroatoms. The van der Waals surface area contributed by atoms with Gasteiger partial charge in [-0.25, -0.2) is 4.79 Å². The van der Waals surface area contributed by atoms with E-state index in [1.165, 1.54) is 0 Å². The van der Waals surface area contributed by atoms with Crippen LogP contribution in [0.5, 0.6) is 5.75 Å². The molecule has 0 N–H and O–H groups in total. The van der Waals surface area contributed by atoms with Crippen molar-refractivity contribution in [2.24, 2.45) is 5.92 Å². The molecule has 0 saturated heterocycles. The summed E-state index contributed by atoms with van der Waals surface area (Å²) in [5, 5.41) is 0.112. The zero-order valence-electron chi connectivity index (χ0n) is 15.7. The summed E-state index contributed by atoms with van der Waals surface area (Å²) >= 11 is 0. The van der Waals surface area contributed by atoms with Crippen LogP contribution in [0.2, 0.25) is 18.1 Å². The lowest BCUT2D eigenvalue weighted by Crippen LogP contribution is -2.39. The molecule has 1 aromatic carbocycles. The smallest absolute Gasteiger partial charge is 0.338 e. The zero-order chi connectivity index (χ0) is 18.1. The third-order valence-corrected chi connectivity index (χ3v) is 9.27. The molecule has 0 aliphatic heterocycles. The van der Waals surface area contributed by atoms with E-state index in [2.05, 4.69) is 33.9 Å². The number of hydrogen-bond donors (Lipinski definition) is 0. The molecule has 0 spiro atoms. The van der Waals surface area contributed by atoms with Gasteiger partial charge in [-0.1, -0.05) is 39.8 Å². The fourth-order valence-corrected chi connectivity index (χ4v) is 3.25. The molecule has 0 amide bonds. The molecule has 24 heavy (non-hydrogen) atoms. The summed E-state index contributed by atoms with van der Waals surface area (Å²) in [5.41, 5.74) is 1.62. The van der Waals surface area contributed by atoms with Gasteiger partial charge in [0, 0.05) is 5.92 Å². The number of benzene rings is 1. The van der Waals surface area contributed by atoms with Gasteiger partial charge >= 0.3 is 5.97 Å². The fourth-order valence-electron chi connectivity index (χ4n) is 2.11. The number of carbonyl (C=O) groups excluding carboxylic acids is 1. The van der Waals surface area contributed by atoms with Crippen LogP contribution < -0.4 is 4.74 Å². The van der Waals surface area contributed by atoms with Gasteiger partial charge in [0.05, 0.1) is 18.4 Å². The number of esters is 1. The maximum atomic E-state index is 12.3. The summed E-state index contributed by atoms with van der Waals surface area (Å²) in [6.07, 6.45) is 0. The Morgan fingerprint density at radius 1 is 1.17 bits per heavy atom. The Labute approximate surface area is 145 Å². The van der Waals surface area contributed by atoms with Gasteiger partial charge in [0.25, 0.3) is 0 Å². The first-order chi connectivity index (χ1) is 11.1. The van der Waals surface area contributed by atoms with Crippen LogP contribution >= 0.6 is 0 Å². The second-order valence-electron chi connectivity index (χ2n) is 7.79. The standard InChI is InChI=1S/C19H28O4Si/c1-13-16(17(13)23-24(6,7)19(2,3)4)18(20)22-12-14-8-10-15(21-5)11-9-14/h8-11,13H,12H2,1-7H3. The Kier molecular flexibility index (Phi) is 5.13. The SMILES string of the molecule is COc1ccc(COC(=O)C2=C(O[Si](C)(C)C(C)(C)C)C2C)cc1. The van der Waals surface area contributed by atoms with Crippen molar-refractivity contribution in [1.29, 1.82) is 0 Å². The summed E-state index contributed by atoms with van der Waals surface area (Å²) in [6.45, 7) is 13.2. The number of hydrogen-bond acceptors (Lipinski definition) is 4. The largest absolute Gasteiger partial charge is 0.546 e. The van der Waals surface area contributed by atoms with Crippen LogP contribution in [0.15, 0.2) is 35.6 Å². The molecule has 0 radical (unpaired) electrons. The van der Waals surface area contributed by atoms with Gasteiger partial charge in [0.15, 0.2) is 0 Å². The number of ether oxygens (including phenoxy) is 2. The number of methoxy groups -OCH3 is 1. The van der Waals surface area contributed by atoms with Crippen molar-refractivity contribution < 1.29 is 18.7 Å². The molecule has 1 aromatic rings. The van der Waals surface area contributed by atoms with Crippen LogP contribution in [0.25, 0.3) is 0 Å². The van der Waals surface area contributed by atoms with Gasteiger partial charge < -0.3 is 13.9 Å². The molecule has 0 heterocycles. The predicted octanol–water partition coefficient (Wildman–Crippen LogP) is 4.66. The molecule has 0 bridgehead atoms. The molecule has 1 aliphatic carbocycles. The van der Waals surface area contributed by atoms with Crippen molar-refractivity contribution in [2.45, 2.75) is 52.4 Å². The highest BCUT2D eigenvalue weighted by Gasteiger charge is 2.47. The van der Waals surface area contributed by atoms with Gasteiger partial charge in [-0.05, 0) is 35.8 Å². The summed E-state index contributed by atoms with van der Waals surface area (Å²) < 4.78 is 16.8. The fraction of sp³-hybridized carbons (Fsp3) is 0.526. The van der Waals surface area contributed by atoms with Crippen LogP contribution in [0.4, 0.5) is 0 Å². The average Bonchev–Trinajstić information content (AvgIpc) is 3.13. The van der Waals surface area contributed by atoms with Crippen molar-refractivity contribution in [1.82, 2.24) is 0 Å². The normalized spacial score (nSPS) is 17.5. The van der Waals surface area contributed by atoms with Crippen molar-refractivity contribution in [3.8, 4) is 5.75 Å². The van der Waals surface area contributed by atoms with E-state index in [4.69, 9.17) is 13.9 Å². The highest BCUT2D eigenvalue weighted by molar-refractivity contribution is 6.74. The molecular weight excluding hydrogens is 320 g/mol. The first kappa shape index (κ1) is 18.6. The summed E-state index contributed by atoms with van der Waals surface area (Å²) in [4.78, 5) is 12.3. The van der Waals surface area contributed by atoms with E-state index in [1.807, 2.05) is 31.2 Å². The minimum absolute atomic E-state index is 0.0718. The van der Waals surface area contributed by atoms with Crippen LogP contribution in [-0.2, 0) is 20.6 Å². The topological polar surface area (TPSA) is 44.8 Å². The lowest BCUT2D eigenvalue weighted by atomic mass is 10.2. The quantitative estimate of drug-likeness (QED) is 0.554. The molecule has 1 aliphatic rings. The van der Waals surface area contributed by atoms with Crippen molar-refractivity contribution in [3.05, 3.63) is 41.2 Å². The third kappa shape index (κ3) is 4.01. The summed E-state index contributed by atoms with van der Waals surface area (Å²) in [7, 11) is -0.287. The maximum absolute atomic E-state index is 12.3. The van der Waals surface area contributed by atoms with Crippen LogP contribution in [0.1, 0.15) is 33.3 Å². The van der Waals surface area contributed by atoms with Gasteiger partial charge in [0.2, 0.25) is 8.32 Å². The predicted molar refractivity (Wildman–Crippen MR) is 97.3 cm³/mol. The number of allylic oxidation sites excluding steroid dienone is 1. The van der Waals surface area contributed by atoms with Gasteiger partial charge in [0.1, 0.15) is 12.4 Å². The number of rotatable bonds is 6. The first-order valence-electron chi connectivity index (χ1n) is 8.30. The Hall–Kier alpha value is -1.75. The Bertz CT molecular complexity index is 638. The van der Waals surface area contributed by atoms with Crippen molar-refractivity contribution >= 4 is 14.3 Å². The van der Waals surface area contributed by atoms with Crippen LogP contribution in [0, 0.1) is 5.92 Å². The van der Waals surface area contributed by atoms with E-state index < -0.39 is 8.32 Å². The van der Waals surface area contributed by atoms with E-state index in [0.29, 0.717) is 5.57 Å². The number of carbonyl (C=O) groups is 1. The third-order valence-electron chi connectivity index (χ3n) is 4.93. The Morgan fingerprint density at radius 3 is 2.25 bits per heavy atom.